The van der Waals surface area contributed by atoms with Crippen LogP contribution in [0, 0.1) is 0 Å². The summed E-state index contributed by atoms with van der Waals surface area (Å²) in [4.78, 5) is 9.15. The lowest BCUT2D eigenvalue weighted by atomic mass is 10.2. The summed E-state index contributed by atoms with van der Waals surface area (Å²) in [6, 6.07) is 2.03. The average molecular weight is 265 g/mol. The summed E-state index contributed by atoms with van der Waals surface area (Å²) in [5.74, 6) is 1.63. The van der Waals surface area contributed by atoms with Gasteiger partial charge >= 0.3 is 0 Å². The topological polar surface area (TPSA) is 56.3 Å². The van der Waals surface area contributed by atoms with Crippen molar-refractivity contribution in [2.75, 3.05) is 31.7 Å². The second-order valence-electron chi connectivity index (χ2n) is 4.71. The molecule has 1 unspecified atom stereocenters. The second-order valence-corrected chi connectivity index (χ2v) is 4.71. The van der Waals surface area contributed by atoms with E-state index in [4.69, 9.17) is 9.47 Å². The minimum absolute atomic E-state index is 0.132. The number of rotatable bonds is 6. The maximum absolute atomic E-state index is 5.68. The van der Waals surface area contributed by atoms with Crippen LogP contribution in [0.15, 0.2) is 6.07 Å². The highest BCUT2D eigenvalue weighted by Gasteiger charge is 2.20. The van der Waals surface area contributed by atoms with Gasteiger partial charge in [-0.05, 0) is 12.8 Å². The largest absolute Gasteiger partial charge is 0.376 e. The van der Waals surface area contributed by atoms with Gasteiger partial charge in [0.05, 0.1) is 19.8 Å². The SMILES string of the molecule is CCCNc1cc(CCC)nc(C2COCCO2)n1. The van der Waals surface area contributed by atoms with Gasteiger partial charge in [0.1, 0.15) is 11.9 Å². The summed E-state index contributed by atoms with van der Waals surface area (Å²) in [6.07, 6.45) is 2.98. The van der Waals surface area contributed by atoms with Gasteiger partial charge < -0.3 is 14.8 Å². The molecule has 1 aromatic rings. The van der Waals surface area contributed by atoms with Crippen LogP contribution in [0.25, 0.3) is 0 Å². The molecule has 1 atom stereocenters. The highest BCUT2D eigenvalue weighted by atomic mass is 16.6. The van der Waals surface area contributed by atoms with E-state index < -0.39 is 0 Å². The molecule has 1 aromatic heterocycles. The first-order chi connectivity index (χ1) is 9.33. The molecular formula is C14H23N3O2. The molecule has 0 spiro atoms. The number of hydrogen-bond donors (Lipinski definition) is 1. The highest BCUT2D eigenvalue weighted by Crippen LogP contribution is 2.20. The number of anilines is 1. The molecule has 1 aliphatic rings. The van der Waals surface area contributed by atoms with E-state index in [-0.39, 0.29) is 6.10 Å². The molecule has 1 N–H and O–H groups in total. The number of nitrogens with one attached hydrogen (secondary N) is 1. The Morgan fingerprint density at radius 3 is 2.84 bits per heavy atom. The fourth-order valence-corrected chi connectivity index (χ4v) is 2.03. The molecule has 5 nitrogen and oxygen atoms in total. The van der Waals surface area contributed by atoms with Crippen molar-refractivity contribution in [1.82, 2.24) is 9.97 Å². The molecule has 19 heavy (non-hydrogen) atoms. The van der Waals surface area contributed by atoms with Gasteiger partial charge in [-0.25, -0.2) is 9.97 Å². The monoisotopic (exact) mass is 265 g/mol. The number of aryl methyl sites for hydroxylation is 1. The van der Waals surface area contributed by atoms with Crippen molar-refractivity contribution in [1.29, 1.82) is 0 Å². The van der Waals surface area contributed by atoms with Crippen molar-refractivity contribution < 1.29 is 9.47 Å². The summed E-state index contributed by atoms with van der Waals surface area (Å²) in [6.45, 7) is 7.03. The molecule has 0 saturated carbocycles. The van der Waals surface area contributed by atoms with Crippen molar-refractivity contribution in [3.63, 3.8) is 0 Å². The highest BCUT2D eigenvalue weighted by molar-refractivity contribution is 5.36. The minimum atomic E-state index is -0.132. The number of ether oxygens (including phenoxy) is 2. The zero-order chi connectivity index (χ0) is 13.5. The van der Waals surface area contributed by atoms with Gasteiger partial charge in [0.15, 0.2) is 5.82 Å². The Bertz CT molecular complexity index is 392. The Kier molecular flexibility index (Phi) is 5.54. The Balaban J connectivity index is 2.17. The van der Waals surface area contributed by atoms with Crippen molar-refractivity contribution >= 4 is 5.82 Å². The molecule has 5 heteroatoms. The van der Waals surface area contributed by atoms with Gasteiger partial charge in [-0.3, -0.25) is 0 Å². The summed E-state index contributed by atoms with van der Waals surface area (Å²) in [5.41, 5.74) is 1.07. The first kappa shape index (κ1) is 14.2. The van der Waals surface area contributed by atoms with Crippen LogP contribution in [0.3, 0.4) is 0 Å². The molecular weight excluding hydrogens is 242 g/mol. The third-order valence-electron chi connectivity index (χ3n) is 2.96. The molecule has 0 amide bonds. The second kappa shape index (κ2) is 7.40. The predicted molar refractivity (Wildman–Crippen MR) is 74.3 cm³/mol. The van der Waals surface area contributed by atoms with Crippen LogP contribution in [-0.2, 0) is 15.9 Å². The lowest BCUT2D eigenvalue weighted by Gasteiger charge is -2.22. The molecule has 0 aliphatic carbocycles. The zero-order valence-corrected chi connectivity index (χ0v) is 11.8. The zero-order valence-electron chi connectivity index (χ0n) is 11.8. The van der Waals surface area contributed by atoms with Crippen molar-refractivity contribution in [2.45, 2.75) is 39.2 Å². The maximum atomic E-state index is 5.68. The van der Waals surface area contributed by atoms with Crippen LogP contribution in [0.5, 0.6) is 0 Å². The number of hydrogen-bond acceptors (Lipinski definition) is 5. The lowest BCUT2D eigenvalue weighted by molar-refractivity contribution is -0.0935. The van der Waals surface area contributed by atoms with Crippen molar-refractivity contribution in [3.8, 4) is 0 Å². The quantitative estimate of drug-likeness (QED) is 0.855. The van der Waals surface area contributed by atoms with Gasteiger partial charge in [0.2, 0.25) is 0 Å². The van der Waals surface area contributed by atoms with E-state index in [9.17, 15) is 0 Å². The van der Waals surface area contributed by atoms with Crippen LogP contribution >= 0.6 is 0 Å². The smallest absolute Gasteiger partial charge is 0.162 e. The van der Waals surface area contributed by atoms with Crippen LogP contribution in [0.4, 0.5) is 5.82 Å². The third-order valence-corrected chi connectivity index (χ3v) is 2.96. The summed E-state index contributed by atoms with van der Waals surface area (Å²) < 4.78 is 11.1. The molecule has 0 aromatic carbocycles. The first-order valence-electron chi connectivity index (χ1n) is 7.14. The van der Waals surface area contributed by atoms with Crippen LogP contribution in [-0.4, -0.2) is 36.3 Å². The van der Waals surface area contributed by atoms with E-state index in [0.717, 1.165) is 43.1 Å². The average Bonchev–Trinajstić information content (AvgIpc) is 2.46. The normalized spacial score (nSPS) is 19.4. The van der Waals surface area contributed by atoms with Crippen LogP contribution in [0.1, 0.15) is 44.3 Å². The maximum Gasteiger partial charge on any atom is 0.162 e. The molecule has 106 valence electrons. The van der Waals surface area contributed by atoms with Gasteiger partial charge in [0, 0.05) is 18.3 Å². The number of nitrogens with zero attached hydrogens (tertiary/aromatic N) is 2. The third kappa shape index (κ3) is 4.14. The molecule has 1 fully saturated rings. The molecule has 0 bridgehead atoms. The fraction of sp³-hybridized carbons (Fsp3) is 0.714. The van der Waals surface area contributed by atoms with Gasteiger partial charge in [-0.2, -0.15) is 0 Å². The Morgan fingerprint density at radius 2 is 2.16 bits per heavy atom. The van der Waals surface area contributed by atoms with E-state index in [0.29, 0.717) is 19.8 Å². The summed E-state index contributed by atoms with van der Waals surface area (Å²) in [7, 11) is 0. The molecule has 1 saturated heterocycles. The molecule has 2 heterocycles. The minimum Gasteiger partial charge on any atom is -0.376 e. The van der Waals surface area contributed by atoms with Crippen molar-refractivity contribution in [3.05, 3.63) is 17.6 Å². The fourth-order valence-electron chi connectivity index (χ4n) is 2.03. The number of aromatic nitrogens is 2. The molecule has 0 radical (unpaired) electrons. The van der Waals surface area contributed by atoms with Crippen LogP contribution in [0.2, 0.25) is 0 Å². The lowest BCUT2D eigenvalue weighted by Crippen LogP contribution is -2.24. The Morgan fingerprint density at radius 1 is 1.26 bits per heavy atom. The first-order valence-corrected chi connectivity index (χ1v) is 7.14. The van der Waals surface area contributed by atoms with Gasteiger partial charge in [-0.15, -0.1) is 0 Å². The summed E-state index contributed by atoms with van der Waals surface area (Å²) in [5, 5.41) is 3.33. The Labute approximate surface area is 114 Å². The standard InChI is InChI=1S/C14H23N3O2/c1-3-5-11-9-13(15-6-4-2)17-14(16-11)12-10-18-7-8-19-12/h9,12H,3-8,10H2,1-2H3,(H,15,16,17). The van der Waals surface area contributed by atoms with Crippen LogP contribution < -0.4 is 5.32 Å². The molecule has 2 rings (SSSR count). The Hall–Kier alpha value is -1.20. The van der Waals surface area contributed by atoms with Gasteiger partial charge in [0.25, 0.3) is 0 Å². The predicted octanol–water partition coefficient (Wildman–Crippen LogP) is 2.34. The summed E-state index contributed by atoms with van der Waals surface area (Å²) >= 11 is 0. The van der Waals surface area contributed by atoms with Crippen molar-refractivity contribution in [2.24, 2.45) is 0 Å². The van der Waals surface area contributed by atoms with E-state index in [1.165, 1.54) is 0 Å². The van der Waals surface area contributed by atoms with Gasteiger partial charge in [-0.1, -0.05) is 20.3 Å². The van der Waals surface area contributed by atoms with E-state index in [1.807, 2.05) is 6.07 Å². The van der Waals surface area contributed by atoms with E-state index in [2.05, 4.69) is 29.1 Å². The molecule has 1 aliphatic heterocycles. The van der Waals surface area contributed by atoms with E-state index in [1.54, 1.807) is 0 Å². The van der Waals surface area contributed by atoms with E-state index >= 15 is 0 Å².